The molecule has 2 aromatic carbocycles. The minimum Gasteiger partial charge on any atom is -0.497 e. The van der Waals surface area contributed by atoms with Crippen molar-refractivity contribution in [2.45, 2.75) is 24.7 Å². The van der Waals surface area contributed by atoms with Gasteiger partial charge in [0.15, 0.2) is 0 Å². The Kier molecular flexibility index (Phi) is 6.76. The number of piperidine rings is 1. The lowest BCUT2D eigenvalue weighted by Crippen LogP contribution is -2.46. The third-order valence-corrected chi connectivity index (χ3v) is 8.30. The second-order valence-corrected chi connectivity index (χ2v) is 10.6. The van der Waals surface area contributed by atoms with Crippen LogP contribution in [0.5, 0.6) is 5.75 Å². The van der Waals surface area contributed by atoms with Crippen LogP contribution in [0, 0.1) is 16.0 Å². The molecule has 10 heteroatoms. The summed E-state index contributed by atoms with van der Waals surface area (Å²) in [7, 11) is -2.13. The van der Waals surface area contributed by atoms with Gasteiger partial charge in [-0.05, 0) is 43.0 Å². The second kappa shape index (κ2) is 9.56. The van der Waals surface area contributed by atoms with Gasteiger partial charge in [-0.2, -0.15) is 4.31 Å². The van der Waals surface area contributed by atoms with Gasteiger partial charge < -0.3 is 14.5 Å². The maximum atomic E-state index is 13.1. The number of hydrogen-bond acceptors (Lipinski definition) is 7. The van der Waals surface area contributed by atoms with Crippen LogP contribution in [-0.2, 0) is 10.0 Å². The molecule has 2 heterocycles. The molecule has 4 rings (SSSR count). The van der Waals surface area contributed by atoms with Gasteiger partial charge in [-0.15, -0.1) is 0 Å². The van der Waals surface area contributed by atoms with Gasteiger partial charge in [-0.1, -0.05) is 13.0 Å². The minimum absolute atomic E-state index is 0.0120. The number of nitrogens with zero attached hydrogens (tertiary/aromatic N) is 4. The molecule has 2 fully saturated rings. The summed E-state index contributed by atoms with van der Waals surface area (Å²) in [5.74, 6) is 1.06. The lowest BCUT2D eigenvalue weighted by molar-refractivity contribution is -0.384. The Hall–Kier alpha value is -2.85. The number of ether oxygens (including phenoxy) is 1. The maximum absolute atomic E-state index is 13.1. The number of piperazine rings is 1. The Morgan fingerprint density at radius 1 is 1.03 bits per heavy atom. The summed E-state index contributed by atoms with van der Waals surface area (Å²) >= 11 is 0. The van der Waals surface area contributed by atoms with Gasteiger partial charge in [0.1, 0.15) is 11.4 Å². The molecule has 0 aromatic heterocycles. The van der Waals surface area contributed by atoms with E-state index in [9.17, 15) is 18.5 Å². The van der Waals surface area contributed by atoms with Gasteiger partial charge in [-0.25, -0.2) is 8.42 Å². The molecule has 0 radical (unpaired) electrons. The lowest BCUT2D eigenvalue weighted by Gasteiger charge is -2.37. The predicted octanol–water partition coefficient (Wildman–Crippen LogP) is 3.35. The number of sulfonamides is 1. The zero-order valence-electron chi connectivity index (χ0n) is 19.0. The quantitative estimate of drug-likeness (QED) is 0.468. The Morgan fingerprint density at radius 3 is 2.42 bits per heavy atom. The van der Waals surface area contributed by atoms with Gasteiger partial charge in [0.25, 0.3) is 5.69 Å². The summed E-state index contributed by atoms with van der Waals surface area (Å²) in [6, 6.07) is 12.1. The molecule has 2 aliphatic heterocycles. The van der Waals surface area contributed by atoms with Crippen LogP contribution in [0.4, 0.5) is 17.1 Å². The molecule has 0 N–H and O–H groups in total. The molecule has 33 heavy (non-hydrogen) atoms. The highest BCUT2D eigenvalue weighted by Gasteiger charge is 2.32. The summed E-state index contributed by atoms with van der Waals surface area (Å²) in [6.07, 6.45) is 1.80. The molecule has 0 amide bonds. The van der Waals surface area contributed by atoms with Crippen molar-refractivity contribution in [3.05, 3.63) is 52.6 Å². The Morgan fingerprint density at radius 2 is 1.76 bits per heavy atom. The van der Waals surface area contributed by atoms with Gasteiger partial charge in [-0.3, -0.25) is 10.1 Å². The molecule has 1 atom stereocenters. The van der Waals surface area contributed by atoms with E-state index in [2.05, 4.69) is 4.90 Å². The minimum atomic E-state index is -3.76. The predicted molar refractivity (Wildman–Crippen MR) is 128 cm³/mol. The van der Waals surface area contributed by atoms with Crippen molar-refractivity contribution in [3.63, 3.8) is 0 Å². The number of nitro benzene ring substituents is 1. The average Bonchev–Trinajstić information content (AvgIpc) is 2.83. The summed E-state index contributed by atoms with van der Waals surface area (Å²) in [6.45, 7) is 5.49. The highest BCUT2D eigenvalue weighted by atomic mass is 32.2. The molecular formula is C23H30N4O5S. The Balaban J connectivity index is 1.53. The van der Waals surface area contributed by atoms with E-state index < -0.39 is 14.9 Å². The third kappa shape index (κ3) is 4.91. The molecule has 0 spiro atoms. The summed E-state index contributed by atoms with van der Waals surface area (Å²) in [5, 5.41) is 11.9. The van der Waals surface area contributed by atoms with E-state index in [1.165, 1.54) is 16.4 Å². The van der Waals surface area contributed by atoms with E-state index in [0.29, 0.717) is 45.0 Å². The first-order chi connectivity index (χ1) is 15.8. The monoisotopic (exact) mass is 474 g/mol. The van der Waals surface area contributed by atoms with E-state index in [1.54, 1.807) is 13.2 Å². The average molecular weight is 475 g/mol. The highest BCUT2D eigenvalue weighted by Crippen LogP contribution is 2.34. The normalized spacial score (nSPS) is 20.0. The Labute approximate surface area is 194 Å². The lowest BCUT2D eigenvalue weighted by atomic mass is 10.0. The largest absolute Gasteiger partial charge is 0.497 e. The van der Waals surface area contributed by atoms with Crippen LogP contribution >= 0.6 is 0 Å². The maximum Gasteiger partial charge on any atom is 0.293 e. The zero-order chi connectivity index (χ0) is 23.6. The number of rotatable bonds is 6. The van der Waals surface area contributed by atoms with Crippen LogP contribution in [0.1, 0.15) is 19.8 Å². The topological polar surface area (TPSA) is 96.2 Å². The van der Waals surface area contributed by atoms with Crippen LogP contribution in [0.2, 0.25) is 0 Å². The first kappa shape index (κ1) is 23.3. The third-order valence-electron chi connectivity index (χ3n) is 6.44. The van der Waals surface area contributed by atoms with E-state index in [1.807, 2.05) is 36.1 Å². The number of hydrogen-bond donors (Lipinski definition) is 0. The van der Waals surface area contributed by atoms with Crippen molar-refractivity contribution in [3.8, 4) is 5.75 Å². The number of benzene rings is 2. The van der Waals surface area contributed by atoms with Crippen molar-refractivity contribution >= 4 is 27.1 Å². The molecule has 2 aliphatic rings. The molecule has 1 unspecified atom stereocenters. The van der Waals surface area contributed by atoms with Gasteiger partial charge >= 0.3 is 0 Å². The smallest absolute Gasteiger partial charge is 0.293 e. The number of methoxy groups -OCH3 is 1. The SMILES string of the molecule is COc1cccc(N2CCN(c3ccc(S(=O)(=O)N4CCCC(C)C4)cc3[N+](=O)[O-])CC2)c1. The molecule has 0 saturated carbocycles. The van der Waals surface area contributed by atoms with Crippen molar-refractivity contribution < 1.29 is 18.1 Å². The van der Waals surface area contributed by atoms with Crippen LogP contribution in [-0.4, -0.2) is 64.0 Å². The molecule has 2 aromatic rings. The highest BCUT2D eigenvalue weighted by molar-refractivity contribution is 7.89. The van der Waals surface area contributed by atoms with E-state index in [-0.39, 0.29) is 16.5 Å². The number of nitro groups is 1. The molecule has 9 nitrogen and oxygen atoms in total. The van der Waals surface area contributed by atoms with E-state index >= 15 is 0 Å². The van der Waals surface area contributed by atoms with Gasteiger partial charge in [0.05, 0.1) is 16.9 Å². The number of anilines is 2. The van der Waals surface area contributed by atoms with Crippen molar-refractivity contribution in [1.82, 2.24) is 4.31 Å². The molecule has 2 saturated heterocycles. The van der Waals surface area contributed by atoms with E-state index in [4.69, 9.17) is 4.74 Å². The fourth-order valence-electron chi connectivity index (χ4n) is 4.60. The first-order valence-electron chi connectivity index (χ1n) is 11.2. The second-order valence-electron chi connectivity index (χ2n) is 8.69. The summed E-state index contributed by atoms with van der Waals surface area (Å²) in [4.78, 5) is 15.5. The molecular weight excluding hydrogens is 444 g/mol. The fourth-order valence-corrected chi connectivity index (χ4v) is 6.22. The van der Waals surface area contributed by atoms with Gasteiger partial charge in [0.2, 0.25) is 10.0 Å². The van der Waals surface area contributed by atoms with Crippen LogP contribution in [0.3, 0.4) is 0 Å². The van der Waals surface area contributed by atoms with Crippen LogP contribution in [0.25, 0.3) is 0 Å². The van der Waals surface area contributed by atoms with Crippen molar-refractivity contribution in [2.24, 2.45) is 5.92 Å². The zero-order valence-corrected chi connectivity index (χ0v) is 19.8. The molecule has 0 bridgehead atoms. The first-order valence-corrected chi connectivity index (χ1v) is 12.7. The standard InChI is InChI=1S/C23H30N4O5S/c1-18-5-4-10-26(17-18)33(30,31)21-8-9-22(23(16-21)27(28)29)25-13-11-24(12-14-25)19-6-3-7-20(15-19)32-2/h3,6-9,15-16,18H,4-5,10-14,17H2,1-2H3. The molecule has 178 valence electrons. The Bertz CT molecular complexity index is 1120. The van der Waals surface area contributed by atoms with Gasteiger partial charge in [0, 0.05) is 57.1 Å². The van der Waals surface area contributed by atoms with Crippen molar-refractivity contribution in [2.75, 3.05) is 56.2 Å². The van der Waals surface area contributed by atoms with Crippen LogP contribution in [0.15, 0.2) is 47.4 Å². The van der Waals surface area contributed by atoms with E-state index in [0.717, 1.165) is 24.3 Å². The summed E-state index contributed by atoms with van der Waals surface area (Å²) < 4.78 is 33.0. The summed E-state index contributed by atoms with van der Waals surface area (Å²) in [5.41, 5.74) is 1.33. The fraction of sp³-hybridized carbons (Fsp3) is 0.478. The molecule has 0 aliphatic carbocycles. The van der Waals surface area contributed by atoms with Crippen molar-refractivity contribution in [1.29, 1.82) is 0 Å². The van der Waals surface area contributed by atoms with Crippen LogP contribution < -0.4 is 14.5 Å².